The number of anilines is 1. The molecule has 0 radical (unpaired) electrons. The molecule has 2 aromatic carbocycles. The van der Waals surface area contributed by atoms with Gasteiger partial charge in [0.05, 0.1) is 17.4 Å². The molecule has 3 aromatic rings. The molecule has 0 saturated carbocycles. The number of hydrogen-bond acceptors (Lipinski definition) is 5. The second-order valence-electron chi connectivity index (χ2n) is 8.24. The molecule has 0 saturated heterocycles. The van der Waals surface area contributed by atoms with Crippen molar-refractivity contribution >= 4 is 34.6 Å². The van der Waals surface area contributed by atoms with E-state index < -0.39 is 11.7 Å². The minimum Gasteiger partial charge on any atom is -0.444 e. The Morgan fingerprint density at radius 1 is 1.03 bits per heavy atom. The van der Waals surface area contributed by atoms with Gasteiger partial charge in [0.25, 0.3) is 5.91 Å². The minimum absolute atomic E-state index is 0.147. The van der Waals surface area contributed by atoms with Crippen LogP contribution in [-0.4, -0.2) is 40.0 Å². The molecule has 0 aliphatic carbocycles. The Hall–Kier alpha value is -3.88. The summed E-state index contributed by atoms with van der Waals surface area (Å²) in [6.07, 6.45) is 1.18. The van der Waals surface area contributed by atoms with Crippen molar-refractivity contribution in [1.82, 2.24) is 20.6 Å². The maximum Gasteiger partial charge on any atom is 0.407 e. The summed E-state index contributed by atoms with van der Waals surface area (Å²) < 4.78 is 5.11. The van der Waals surface area contributed by atoms with Crippen LogP contribution < -0.4 is 16.0 Å². The number of fused-ring (bicyclic) bond motifs is 1. The normalized spacial score (nSPS) is 11.1. The van der Waals surface area contributed by atoms with E-state index in [1.54, 1.807) is 57.4 Å². The van der Waals surface area contributed by atoms with Gasteiger partial charge in [0.1, 0.15) is 5.60 Å². The number of rotatable bonds is 7. The molecule has 32 heavy (non-hydrogen) atoms. The first-order valence-corrected chi connectivity index (χ1v) is 10.3. The van der Waals surface area contributed by atoms with Gasteiger partial charge in [-0.2, -0.15) is 0 Å². The number of nitrogens with one attached hydrogen (secondary N) is 4. The second kappa shape index (κ2) is 9.95. The number of aromatic amines is 1. The molecule has 0 fully saturated rings. The zero-order chi connectivity index (χ0) is 23.1. The van der Waals surface area contributed by atoms with Gasteiger partial charge in [0.2, 0.25) is 5.91 Å². The number of H-pyrrole nitrogens is 1. The molecule has 168 valence electrons. The maximum absolute atomic E-state index is 12.5. The van der Waals surface area contributed by atoms with E-state index >= 15 is 0 Å². The number of ether oxygens (including phenoxy) is 1. The van der Waals surface area contributed by atoms with Gasteiger partial charge in [-0.1, -0.05) is 12.1 Å². The van der Waals surface area contributed by atoms with E-state index in [9.17, 15) is 14.4 Å². The fourth-order valence-corrected chi connectivity index (χ4v) is 2.87. The van der Waals surface area contributed by atoms with Crippen molar-refractivity contribution in [2.24, 2.45) is 0 Å². The largest absolute Gasteiger partial charge is 0.444 e. The SMILES string of the molecule is CC(C)(C)OC(=O)NCCC(=O)NCc1ccc(NC(=O)c2ccc3nc[nH]c3c2)cc1. The molecule has 0 unspecified atom stereocenters. The fourth-order valence-electron chi connectivity index (χ4n) is 2.87. The highest BCUT2D eigenvalue weighted by Crippen LogP contribution is 2.15. The number of aromatic nitrogens is 2. The third-order valence-electron chi connectivity index (χ3n) is 4.40. The Kier molecular flexibility index (Phi) is 7.09. The first-order valence-electron chi connectivity index (χ1n) is 10.3. The lowest BCUT2D eigenvalue weighted by Gasteiger charge is -2.19. The highest BCUT2D eigenvalue weighted by molar-refractivity contribution is 6.05. The standard InChI is InChI=1S/C23H27N5O4/c1-23(2,3)32-22(31)24-11-10-20(29)25-13-15-4-7-17(8-5-15)28-21(30)16-6-9-18-19(12-16)27-14-26-18/h4-9,12,14H,10-11,13H2,1-3H3,(H,24,31)(H,25,29)(H,26,27)(H,28,30). The quantitative estimate of drug-likeness (QED) is 0.451. The number of benzene rings is 2. The Labute approximate surface area is 185 Å². The molecule has 3 rings (SSSR count). The summed E-state index contributed by atoms with van der Waals surface area (Å²) in [5.41, 5.74) is 3.08. The van der Waals surface area contributed by atoms with Crippen LogP contribution in [0.15, 0.2) is 48.8 Å². The van der Waals surface area contributed by atoms with Crippen LogP contribution in [0.4, 0.5) is 10.5 Å². The van der Waals surface area contributed by atoms with Crippen molar-refractivity contribution < 1.29 is 19.1 Å². The van der Waals surface area contributed by atoms with Crippen LogP contribution in [0.5, 0.6) is 0 Å². The van der Waals surface area contributed by atoms with Crippen LogP contribution in [0.2, 0.25) is 0 Å². The fraction of sp³-hybridized carbons (Fsp3) is 0.304. The third-order valence-corrected chi connectivity index (χ3v) is 4.40. The topological polar surface area (TPSA) is 125 Å². The first kappa shape index (κ1) is 22.8. The summed E-state index contributed by atoms with van der Waals surface area (Å²) in [6, 6.07) is 12.5. The van der Waals surface area contributed by atoms with Crippen molar-refractivity contribution in [3.8, 4) is 0 Å². The van der Waals surface area contributed by atoms with E-state index in [1.807, 2.05) is 12.1 Å². The molecule has 9 nitrogen and oxygen atoms in total. The van der Waals surface area contributed by atoms with Crippen LogP contribution in [0.3, 0.4) is 0 Å². The minimum atomic E-state index is -0.578. The smallest absolute Gasteiger partial charge is 0.407 e. The predicted octanol–water partition coefficient (Wildman–Crippen LogP) is 3.35. The van der Waals surface area contributed by atoms with Gasteiger partial charge in [-0.15, -0.1) is 0 Å². The van der Waals surface area contributed by atoms with Crippen LogP contribution in [0.25, 0.3) is 11.0 Å². The van der Waals surface area contributed by atoms with Crippen molar-refractivity contribution in [1.29, 1.82) is 0 Å². The van der Waals surface area contributed by atoms with Gasteiger partial charge < -0.3 is 25.7 Å². The zero-order valence-electron chi connectivity index (χ0n) is 18.3. The molecule has 0 bridgehead atoms. The van der Waals surface area contributed by atoms with Gasteiger partial charge in [-0.3, -0.25) is 9.59 Å². The first-order chi connectivity index (χ1) is 15.2. The van der Waals surface area contributed by atoms with Crippen molar-refractivity contribution in [3.63, 3.8) is 0 Å². The van der Waals surface area contributed by atoms with Crippen molar-refractivity contribution in [2.75, 3.05) is 11.9 Å². The lowest BCUT2D eigenvalue weighted by Crippen LogP contribution is -2.35. The highest BCUT2D eigenvalue weighted by atomic mass is 16.6. The van der Waals surface area contributed by atoms with E-state index in [1.165, 1.54) is 0 Å². The Morgan fingerprint density at radius 3 is 2.50 bits per heavy atom. The summed E-state index contributed by atoms with van der Waals surface area (Å²) in [5.74, 6) is -0.410. The Bertz CT molecular complexity index is 1100. The zero-order valence-corrected chi connectivity index (χ0v) is 18.3. The van der Waals surface area contributed by atoms with Gasteiger partial charge in [-0.25, -0.2) is 9.78 Å². The number of amides is 3. The highest BCUT2D eigenvalue weighted by Gasteiger charge is 2.15. The molecule has 0 aliphatic rings. The molecule has 9 heteroatoms. The third kappa shape index (κ3) is 6.83. The predicted molar refractivity (Wildman–Crippen MR) is 121 cm³/mol. The van der Waals surface area contributed by atoms with Crippen LogP contribution >= 0.6 is 0 Å². The van der Waals surface area contributed by atoms with Crippen LogP contribution in [-0.2, 0) is 16.1 Å². The molecule has 1 heterocycles. The van der Waals surface area contributed by atoms with Crippen molar-refractivity contribution in [2.45, 2.75) is 39.3 Å². The van der Waals surface area contributed by atoms with E-state index in [2.05, 4.69) is 25.9 Å². The summed E-state index contributed by atoms with van der Waals surface area (Å²) in [7, 11) is 0. The maximum atomic E-state index is 12.5. The molecule has 0 aliphatic heterocycles. The lowest BCUT2D eigenvalue weighted by molar-refractivity contribution is -0.121. The van der Waals surface area contributed by atoms with Gasteiger partial charge >= 0.3 is 6.09 Å². The summed E-state index contributed by atoms with van der Waals surface area (Å²) in [6.45, 7) is 5.85. The van der Waals surface area contributed by atoms with E-state index in [0.717, 1.165) is 16.6 Å². The van der Waals surface area contributed by atoms with Gasteiger partial charge in [-0.05, 0) is 56.7 Å². The number of imidazole rings is 1. The second-order valence-corrected chi connectivity index (χ2v) is 8.24. The van der Waals surface area contributed by atoms with Gasteiger partial charge in [0, 0.05) is 30.8 Å². The molecule has 0 spiro atoms. The molecule has 0 atom stereocenters. The monoisotopic (exact) mass is 437 g/mol. The van der Waals surface area contributed by atoms with Crippen LogP contribution in [0, 0.1) is 0 Å². The number of carbonyl (C=O) groups excluding carboxylic acids is 3. The number of hydrogen-bond donors (Lipinski definition) is 4. The number of alkyl carbamates (subject to hydrolysis) is 1. The van der Waals surface area contributed by atoms with E-state index in [0.29, 0.717) is 17.8 Å². The summed E-state index contributed by atoms with van der Waals surface area (Å²) in [5, 5.41) is 8.19. The molecular formula is C23H27N5O4. The average molecular weight is 438 g/mol. The number of carbonyl (C=O) groups is 3. The summed E-state index contributed by atoms with van der Waals surface area (Å²) >= 11 is 0. The number of nitrogens with zero attached hydrogens (tertiary/aromatic N) is 1. The summed E-state index contributed by atoms with van der Waals surface area (Å²) in [4.78, 5) is 43.1. The van der Waals surface area contributed by atoms with E-state index in [4.69, 9.17) is 4.74 Å². The molecular weight excluding hydrogens is 410 g/mol. The Morgan fingerprint density at radius 2 is 1.78 bits per heavy atom. The van der Waals surface area contributed by atoms with Crippen LogP contribution in [0.1, 0.15) is 43.1 Å². The van der Waals surface area contributed by atoms with Gasteiger partial charge in [0.15, 0.2) is 0 Å². The average Bonchev–Trinajstić information content (AvgIpc) is 3.20. The molecule has 3 amide bonds. The molecule has 1 aromatic heterocycles. The van der Waals surface area contributed by atoms with E-state index in [-0.39, 0.29) is 24.8 Å². The van der Waals surface area contributed by atoms with Crippen molar-refractivity contribution in [3.05, 3.63) is 59.9 Å². The molecule has 4 N–H and O–H groups in total. The lowest BCUT2D eigenvalue weighted by atomic mass is 10.1. The Balaban J connectivity index is 1.41.